The van der Waals surface area contributed by atoms with Crippen LogP contribution in [0, 0.1) is 15.4 Å². The lowest BCUT2D eigenvalue weighted by atomic mass is 9.87. The van der Waals surface area contributed by atoms with Crippen molar-refractivity contribution < 1.29 is 0 Å². The van der Waals surface area contributed by atoms with Gasteiger partial charge in [0.05, 0.1) is 9.26 Å². The van der Waals surface area contributed by atoms with Gasteiger partial charge in [0.2, 0.25) is 0 Å². The third-order valence-electron chi connectivity index (χ3n) is 6.42. The number of nitrogens with one attached hydrogen (secondary N) is 2. The maximum atomic E-state index is 5.70. The quantitative estimate of drug-likeness (QED) is 0.362. The fourth-order valence-corrected chi connectivity index (χ4v) is 4.82. The van der Waals surface area contributed by atoms with Gasteiger partial charge in [0.15, 0.2) is 0 Å². The van der Waals surface area contributed by atoms with E-state index >= 15 is 0 Å². The van der Waals surface area contributed by atoms with Crippen LogP contribution in [-0.4, -0.2) is 22.1 Å². The SMILES string of the molecule is CC1CCC(Nc2cc(N)ncc2I)CC1.CC1CCC(Nc2ccnc(N)c2)CC1. The van der Waals surface area contributed by atoms with Crippen molar-refractivity contribution in [3.05, 3.63) is 34.2 Å². The molecule has 0 unspecified atom stereocenters. The molecule has 4 rings (SSSR count). The van der Waals surface area contributed by atoms with Crippen LogP contribution in [0.4, 0.5) is 23.0 Å². The Morgan fingerprint density at radius 2 is 1.35 bits per heavy atom. The molecule has 0 radical (unpaired) electrons. The number of aromatic nitrogens is 2. The maximum absolute atomic E-state index is 5.70. The van der Waals surface area contributed by atoms with Crippen molar-refractivity contribution >= 4 is 45.6 Å². The molecule has 0 amide bonds. The minimum absolute atomic E-state index is 0.587. The van der Waals surface area contributed by atoms with Gasteiger partial charge in [0, 0.05) is 42.3 Å². The van der Waals surface area contributed by atoms with Crippen molar-refractivity contribution in [1.29, 1.82) is 0 Å². The van der Waals surface area contributed by atoms with E-state index in [0.717, 1.165) is 26.8 Å². The highest BCUT2D eigenvalue weighted by atomic mass is 127. The van der Waals surface area contributed by atoms with Crippen LogP contribution < -0.4 is 22.1 Å². The first-order valence-corrected chi connectivity index (χ1v) is 12.6. The van der Waals surface area contributed by atoms with Crippen LogP contribution in [-0.2, 0) is 0 Å². The molecule has 170 valence electrons. The van der Waals surface area contributed by atoms with Gasteiger partial charge < -0.3 is 22.1 Å². The molecule has 2 aliphatic carbocycles. The molecule has 2 fully saturated rings. The van der Waals surface area contributed by atoms with Crippen LogP contribution in [0.3, 0.4) is 0 Å². The molecule has 0 aliphatic heterocycles. The number of nitrogens with two attached hydrogens (primary N) is 2. The molecule has 2 heterocycles. The predicted octanol–water partition coefficient (Wildman–Crippen LogP) is 5.91. The summed E-state index contributed by atoms with van der Waals surface area (Å²) in [4.78, 5) is 8.06. The number of rotatable bonds is 4. The van der Waals surface area contributed by atoms with E-state index in [4.69, 9.17) is 11.5 Å². The number of anilines is 4. The first-order chi connectivity index (χ1) is 14.9. The topological polar surface area (TPSA) is 102 Å². The van der Waals surface area contributed by atoms with E-state index in [-0.39, 0.29) is 0 Å². The van der Waals surface area contributed by atoms with Crippen molar-refractivity contribution in [3.8, 4) is 0 Å². The summed E-state index contributed by atoms with van der Waals surface area (Å²) in [7, 11) is 0. The van der Waals surface area contributed by atoms with Gasteiger partial charge in [-0.05, 0) is 91.9 Å². The monoisotopic (exact) mass is 536 g/mol. The second-order valence-electron chi connectivity index (χ2n) is 9.26. The Balaban J connectivity index is 0.000000176. The Morgan fingerprint density at radius 3 is 1.94 bits per heavy atom. The Morgan fingerprint density at radius 1 is 0.806 bits per heavy atom. The van der Waals surface area contributed by atoms with Crippen LogP contribution in [0.1, 0.15) is 65.2 Å². The number of hydrogen-bond acceptors (Lipinski definition) is 6. The zero-order chi connectivity index (χ0) is 22.2. The van der Waals surface area contributed by atoms with Crippen LogP contribution in [0.2, 0.25) is 0 Å². The fraction of sp³-hybridized carbons (Fsp3) is 0.583. The summed E-state index contributed by atoms with van der Waals surface area (Å²) in [5.74, 6) is 2.96. The summed E-state index contributed by atoms with van der Waals surface area (Å²) in [5, 5.41) is 7.11. The van der Waals surface area contributed by atoms with Gasteiger partial charge in [-0.3, -0.25) is 0 Å². The zero-order valence-corrected chi connectivity index (χ0v) is 20.9. The predicted molar refractivity (Wildman–Crippen MR) is 140 cm³/mol. The molecule has 2 aromatic heterocycles. The van der Waals surface area contributed by atoms with Crippen LogP contribution >= 0.6 is 22.6 Å². The lowest BCUT2D eigenvalue weighted by Crippen LogP contribution is -2.25. The van der Waals surface area contributed by atoms with Gasteiger partial charge in [-0.15, -0.1) is 0 Å². The van der Waals surface area contributed by atoms with Gasteiger partial charge in [-0.1, -0.05) is 13.8 Å². The van der Waals surface area contributed by atoms with Crippen molar-refractivity contribution in [2.45, 2.75) is 77.3 Å². The summed E-state index contributed by atoms with van der Waals surface area (Å²) in [6.45, 7) is 4.67. The lowest BCUT2D eigenvalue weighted by Gasteiger charge is -2.28. The molecule has 0 spiro atoms. The van der Waals surface area contributed by atoms with Gasteiger partial charge >= 0.3 is 0 Å². The van der Waals surface area contributed by atoms with Crippen molar-refractivity contribution in [3.63, 3.8) is 0 Å². The number of hydrogen-bond donors (Lipinski definition) is 4. The smallest absolute Gasteiger partial charge is 0.125 e. The number of nitrogen functional groups attached to an aromatic ring is 2. The molecular weight excluding hydrogens is 499 g/mol. The molecule has 7 heteroatoms. The highest BCUT2D eigenvalue weighted by Crippen LogP contribution is 2.28. The standard InChI is InChI=1S/C12H18IN3.C12H19N3/c1-8-2-4-9(5-3-8)16-11-6-12(14)15-7-10(11)13;1-9-2-4-10(5-3-9)15-11-6-7-14-12(13)8-11/h6-9H,2-5H2,1H3,(H3,14,15,16);6-10H,2-5H2,1H3,(H3,13,14,15). The molecule has 2 aromatic rings. The van der Waals surface area contributed by atoms with Crippen LogP contribution in [0.5, 0.6) is 0 Å². The highest BCUT2D eigenvalue weighted by molar-refractivity contribution is 14.1. The molecule has 0 aromatic carbocycles. The van der Waals surface area contributed by atoms with Crippen LogP contribution in [0.25, 0.3) is 0 Å². The third kappa shape index (κ3) is 8.01. The number of nitrogens with zero attached hydrogens (tertiary/aromatic N) is 2. The van der Waals surface area contributed by atoms with E-state index in [2.05, 4.69) is 57.0 Å². The first kappa shape index (κ1) is 23.9. The molecule has 0 bridgehead atoms. The summed E-state index contributed by atoms with van der Waals surface area (Å²) >= 11 is 2.30. The van der Waals surface area contributed by atoms with E-state index in [1.807, 2.05) is 24.4 Å². The van der Waals surface area contributed by atoms with E-state index in [1.54, 1.807) is 6.20 Å². The van der Waals surface area contributed by atoms with Gasteiger partial charge in [-0.2, -0.15) is 0 Å². The summed E-state index contributed by atoms with van der Waals surface area (Å²) < 4.78 is 1.14. The minimum atomic E-state index is 0.587. The van der Waals surface area contributed by atoms with Crippen LogP contribution in [0.15, 0.2) is 30.6 Å². The molecule has 0 saturated heterocycles. The minimum Gasteiger partial charge on any atom is -0.384 e. The van der Waals surface area contributed by atoms with Gasteiger partial charge in [-0.25, -0.2) is 9.97 Å². The second-order valence-corrected chi connectivity index (χ2v) is 10.4. The Hall–Kier alpha value is -1.77. The third-order valence-corrected chi connectivity index (χ3v) is 7.28. The largest absolute Gasteiger partial charge is 0.384 e. The molecule has 0 atom stereocenters. The van der Waals surface area contributed by atoms with Crippen molar-refractivity contribution in [2.75, 3.05) is 22.1 Å². The Kier molecular flexibility index (Phi) is 9.04. The highest BCUT2D eigenvalue weighted by Gasteiger charge is 2.19. The normalized spacial score (nSPS) is 25.8. The number of halogens is 1. The second kappa shape index (κ2) is 11.7. The van der Waals surface area contributed by atoms with Gasteiger partial charge in [0.1, 0.15) is 11.6 Å². The summed E-state index contributed by atoms with van der Waals surface area (Å²) in [6, 6.07) is 7.03. The number of pyridine rings is 2. The first-order valence-electron chi connectivity index (χ1n) is 11.5. The Bertz CT molecular complexity index is 813. The summed E-state index contributed by atoms with van der Waals surface area (Å²) in [5.41, 5.74) is 13.6. The van der Waals surface area contributed by atoms with E-state index < -0.39 is 0 Å². The average molecular weight is 537 g/mol. The molecule has 31 heavy (non-hydrogen) atoms. The summed E-state index contributed by atoms with van der Waals surface area (Å²) in [6.07, 6.45) is 14.0. The molecule has 2 aliphatic rings. The van der Waals surface area contributed by atoms with Gasteiger partial charge in [0.25, 0.3) is 0 Å². The van der Waals surface area contributed by atoms with E-state index in [9.17, 15) is 0 Å². The fourth-order valence-electron chi connectivity index (χ4n) is 4.37. The maximum Gasteiger partial charge on any atom is 0.125 e. The molecule has 6 nitrogen and oxygen atoms in total. The Labute approximate surface area is 200 Å². The molecular formula is C24H37IN6. The van der Waals surface area contributed by atoms with Crippen molar-refractivity contribution in [2.24, 2.45) is 11.8 Å². The molecule has 2 saturated carbocycles. The molecule has 6 N–H and O–H groups in total. The lowest BCUT2D eigenvalue weighted by molar-refractivity contribution is 0.361. The van der Waals surface area contributed by atoms with E-state index in [0.29, 0.717) is 23.7 Å². The van der Waals surface area contributed by atoms with E-state index in [1.165, 1.54) is 51.4 Å². The zero-order valence-electron chi connectivity index (χ0n) is 18.8. The van der Waals surface area contributed by atoms with Crippen molar-refractivity contribution in [1.82, 2.24) is 9.97 Å². The average Bonchev–Trinajstić information content (AvgIpc) is 2.75.